The minimum Gasteiger partial charge on any atom is -0.412 e. The summed E-state index contributed by atoms with van der Waals surface area (Å²) in [6.07, 6.45) is 0. The molecule has 0 aromatic rings. The molecule has 120 valence electrons. The third-order valence-electron chi connectivity index (χ3n) is 0. The maximum Gasteiger partial charge on any atom is 0 e. The van der Waals surface area contributed by atoms with Gasteiger partial charge in [-0.3, -0.25) is 0 Å². The van der Waals surface area contributed by atoms with Crippen molar-refractivity contribution in [2.75, 3.05) is 0 Å². The van der Waals surface area contributed by atoms with Gasteiger partial charge in [0.1, 0.15) is 0 Å². The van der Waals surface area contributed by atoms with Gasteiger partial charge in [0.05, 0.1) is 0 Å². The van der Waals surface area contributed by atoms with E-state index in [1.54, 1.807) is 0 Å². The van der Waals surface area contributed by atoms with Gasteiger partial charge in [-0.05, 0) is 0 Å². The fourth-order valence-corrected chi connectivity index (χ4v) is 0. The second-order valence-corrected chi connectivity index (χ2v) is 0. The van der Waals surface area contributed by atoms with Gasteiger partial charge in [0.15, 0.2) is 0 Å². The second kappa shape index (κ2) is 1380. The molecule has 0 spiro atoms. The van der Waals surface area contributed by atoms with Gasteiger partial charge in [-0.15, -0.1) is 0 Å². The normalized spacial score (nSPS) is 0. The summed E-state index contributed by atoms with van der Waals surface area (Å²) in [6.45, 7) is 0. The predicted octanol–water partition coefficient (Wildman–Crippen LogP) is -12.6. The van der Waals surface area contributed by atoms with Crippen molar-refractivity contribution in [2.24, 2.45) is 0 Å². The van der Waals surface area contributed by atoms with E-state index in [0.717, 1.165) is 0 Å². The van der Waals surface area contributed by atoms with Crippen LogP contribution < -0.4 is 0 Å². The number of hydrogen-bond donors (Lipinski definition) is 0. The Kier molecular flexibility index (Phi) is 110000. The molecular formula is H24Al3B4LaO12. The third kappa shape index (κ3) is 1190. The molecule has 0 unspecified atom stereocenters. The van der Waals surface area contributed by atoms with Crippen LogP contribution in [0.4, 0.5) is 0 Å². The van der Waals surface area contributed by atoms with Gasteiger partial charge in [0.25, 0.3) is 0 Å². The van der Waals surface area contributed by atoms with E-state index >= 15 is 0 Å². The van der Waals surface area contributed by atoms with E-state index in [4.69, 9.17) is 0 Å². The summed E-state index contributed by atoms with van der Waals surface area (Å²) in [6, 6.07) is 0. The average Bonchev–Trinajstić information content (AvgIpc) is 0. The minimum absolute atomic E-state index is 0. The van der Waals surface area contributed by atoms with Gasteiger partial charge < -0.3 is 65.7 Å². The first-order valence-electron chi connectivity index (χ1n) is 0. The summed E-state index contributed by atoms with van der Waals surface area (Å²) < 4.78 is 0. The van der Waals surface area contributed by atoms with Crippen LogP contribution in [0.1, 0.15) is 0 Å². The molecule has 20 heteroatoms. The van der Waals surface area contributed by atoms with Gasteiger partial charge >= 0.3 is 0 Å². The van der Waals surface area contributed by atoms with E-state index in [1.807, 2.05) is 0 Å². The van der Waals surface area contributed by atoms with Crippen LogP contribution in [0.15, 0.2) is 0 Å². The van der Waals surface area contributed by atoms with Crippen molar-refractivity contribution in [2.45, 2.75) is 0 Å². The molecule has 0 atom stereocenters. The van der Waals surface area contributed by atoms with Crippen molar-refractivity contribution < 1.29 is 101 Å². The molecule has 0 aliphatic carbocycles. The van der Waals surface area contributed by atoms with E-state index in [1.165, 1.54) is 0 Å². The van der Waals surface area contributed by atoms with Crippen LogP contribution in [-0.4, -0.2) is 151 Å². The topological polar surface area (TPSA) is 378 Å². The van der Waals surface area contributed by atoms with Crippen LogP contribution in [0, 0.1) is 35.6 Å². The minimum atomic E-state index is 0. The number of hydrogen-bond acceptors (Lipinski definition) is 0. The van der Waals surface area contributed by atoms with Gasteiger partial charge in [-0.1, -0.05) is 0 Å². The number of rotatable bonds is 0. The Morgan fingerprint density at radius 2 is 0.200 bits per heavy atom. The smallest absolute Gasteiger partial charge is 0 e. The third-order valence-corrected chi connectivity index (χ3v) is 0. The fraction of sp³-hybridized carbons (Fsp3) is 0. The fourth-order valence-electron chi connectivity index (χ4n) is 0. The zero-order valence-corrected chi connectivity index (χ0v) is 17.7. The van der Waals surface area contributed by atoms with E-state index < -0.39 is 0 Å². The Morgan fingerprint density at radius 1 is 0.200 bits per heavy atom. The molecular weight excluding hydrogens is 455 g/mol. The Hall–Kier alpha value is 2.57. The molecule has 0 aromatic carbocycles. The first-order valence-corrected chi connectivity index (χ1v) is 0. The molecule has 0 bridgehead atoms. The maximum absolute atomic E-state index is 0. The molecule has 0 amide bonds. The van der Waals surface area contributed by atoms with Crippen LogP contribution in [0.3, 0.4) is 0 Å². The van der Waals surface area contributed by atoms with Crippen molar-refractivity contribution in [3.63, 3.8) is 0 Å². The van der Waals surface area contributed by atoms with Crippen molar-refractivity contribution in [1.82, 2.24) is 0 Å². The maximum atomic E-state index is 0. The van der Waals surface area contributed by atoms with E-state index in [9.17, 15) is 0 Å². The van der Waals surface area contributed by atoms with Gasteiger partial charge in [0.2, 0.25) is 0 Å². The van der Waals surface area contributed by atoms with Crippen LogP contribution in [0.2, 0.25) is 0 Å². The van der Waals surface area contributed by atoms with Gasteiger partial charge in [-0.2, -0.15) is 0 Å². The van der Waals surface area contributed by atoms with E-state index in [-0.39, 0.29) is 187 Å². The van der Waals surface area contributed by atoms with Crippen LogP contribution in [-0.2, 0) is 0 Å². The van der Waals surface area contributed by atoms with Crippen molar-refractivity contribution in [1.29, 1.82) is 0 Å². The predicted molar refractivity (Wildman–Crippen MR) is 83.6 cm³/mol. The first kappa shape index (κ1) is 1590. The van der Waals surface area contributed by atoms with Crippen LogP contribution in [0.5, 0.6) is 0 Å². The molecule has 0 saturated heterocycles. The molecule has 0 heterocycles. The standard InChI is InChI=1S/3Al.4B.La.12H2O/h;;;;;;;;12*1H2. The Morgan fingerprint density at radius 3 is 0.200 bits per heavy atom. The summed E-state index contributed by atoms with van der Waals surface area (Å²) in [7, 11) is 0. The molecule has 0 saturated carbocycles. The monoisotopic (exact) mass is 480 g/mol. The largest absolute Gasteiger partial charge is 0.412 e. The molecule has 0 aromatic heterocycles. The van der Waals surface area contributed by atoms with Crippen molar-refractivity contribution >= 4 is 85.7 Å². The molecule has 12 nitrogen and oxygen atoms in total. The second-order valence-electron chi connectivity index (χ2n) is 0. The average molecular weight is 479 g/mol. The van der Waals surface area contributed by atoms with Crippen molar-refractivity contribution in [3.05, 3.63) is 0 Å². The van der Waals surface area contributed by atoms with E-state index in [2.05, 4.69) is 0 Å². The Labute approximate surface area is 185 Å². The van der Waals surface area contributed by atoms with Gasteiger partial charge in [0, 0.05) is 121 Å². The Bertz CT molecular complexity index is 30.7. The summed E-state index contributed by atoms with van der Waals surface area (Å²) >= 11 is 0. The molecule has 0 aliphatic heterocycles. The Balaban J connectivity index is 0. The SMILES string of the molecule is O.O.O.O.O.O.O.O.O.O.O.O.[Al].[Al].[Al].[B].[B].[B].[B].[La]. The van der Waals surface area contributed by atoms with Gasteiger partial charge in [-0.25, -0.2) is 0 Å². The molecule has 22 radical (unpaired) electrons. The first-order chi connectivity index (χ1) is 0. The van der Waals surface area contributed by atoms with E-state index in [0.29, 0.717) is 0 Å². The quantitative estimate of drug-likeness (QED) is 0.292. The van der Waals surface area contributed by atoms with Crippen LogP contribution >= 0.6 is 0 Å². The zero-order chi connectivity index (χ0) is 0. The molecule has 24 N–H and O–H groups in total. The van der Waals surface area contributed by atoms with Crippen molar-refractivity contribution in [3.8, 4) is 0 Å². The molecule has 0 aliphatic rings. The summed E-state index contributed by atoms with van der Waals surface area (Å²) in [4.78, 5) is 0. The zero-order valence-electron chi connectivity index (χ0n) is 10.6. The van der Waals surface area contributed by atoms with Crippen LogP contribution in [0.25, 0.3) is 0 Å². The summed E-state index contributed by atoms with van der Waals surface area (Å²) in [5.74, 6) is 0. The summed E-state index contributed by atoms with van der Waals surface area (Å²) in [5.41, 5.74) is 0. The molecule has 0 fully saturated rings. The summed E-state index contributed by atoms with van der Waals surface area (Å²) in [5, 5.41) is 0. The molecule has 20 heavy (non-hydrogen) atoms. The molecule has 0 rings (SSSR count).